The van der Waals surface area contributed by atoms with E-state index in [1.165, 1.54) is 5.56 Å². The first-order chi connectivity index (χ1) is 9.52. The van der Waals surface area contributed by atoms with Crippen LogP contribution in [0.15, 0.2) is 48.5 Å². The fraction of sp³-hybridized carbons (Fsp3) is 0.133. The van der Waals surface area contributed by atoms with E-state index in [1.54, 1.807) is 12.1 Å². The summed E-state index contributed by atoms with van der Waals surface area (Å²) >= 11 is 0. The molecule has 0 bridgehead atoms. The molecular formula is C15H16FNO3. The number of aromatic carboxylic acids is 1. The molecule has 0 spiro atoms. The number of phenols is 1. The van der Waals surface area contributed by atoms with Gasteiger partial charge < -0.3 is 20.7 Å². The first-order valence-electron chi connectivity index (χ1n) is 6.07. The van der Waals surface area contributed by atoms with Crippen molar-refractivity contribution in [2.24, 2.45) is 0 Å². The average molecular weight is 277 g/mol. The highest BCUT2D eigenvalue weighted by molar-refractivity contribution is 5.85. The van der Waals surface area contributed by atoms with Crippen LogP contribution in [0.5, 0.6) is 5.75 Å². The summed E-state index contributed by atoms with van der Waals surface area (Å²) in [7, 11) is 0. The summed E-state index contributed by atoms with van der Waals surface area (Å²) in [5, 5.41) is 19.0. The predicted octanol–water partition coefficient (Wildman–Crippen LogP) is 0.366. The normalized spacial score (nSPS) is 9.50. The Hall–Kier alpha value is -2.40. The summed E-state index contributed by atoms with van der Waals surface area (Å²) in [5.74, 6) is -1.42. The smallest absolute Gasteiger partial charge is 0.123 e. The van der Waals surface area contributed by atoms with Crippen LogP contribution in [0.3, 0.4) is 0 Å². The average Bonchev–Trinajstić information content (AvgIpc) is 2.43. The lowest BCUT2D eigenvalue weighted by Gasteiger charge is -1.99. The third kappa shape index (κ3) is 5.49. The number of hydrogen-bond donors (Lipinski definition) is 2. The molecule has 0 aliphatic heterocycles. The Balaban J connectivity index is 0.000000200. The lowest BCUT2D eigenvalue weighted by molar-refractivity contribution is -0.366. The lowest BCUT2D eigenvalue weighted by atomic mass is 10.1. The van der Waals surface area contributed by atoms with Crippen molar-refractivity contribution in [3.05, 3.63) is 65.5 Å². The van der Waals surface area contributed by atoms with E-state index in [4.69, 9.17) is 5.11 Å². The minimum Gasteiger partial charge on any atom is -0.545 e. The monoisotopic (exact) mass is 277 g/mol. The van der Waals surface area contributed by atoms with Gasteiger partial charge in [-0.3, -0.25) is 0 Å². The number of halogens is 1. The molecule has 106 valence electrons. The largest absolute Gasteiger partial charge is 0.545 e. The fourth-order valence-corrected chi connectivity index (χ4v) is 1.45. The molecule has 4 N–H and O–H groups in total. The van der Waals surface area contributed by atoms with E-state index in [-0.39, 0.29) is 5.56 Å². The van der Waals surface area contributed by atoms with Gasteiger partial charge in [0.2, 0.25) is 0 Å². The van der Waals surface area contributed by atoms with Crippen LogP contribution in [0, 0.1) is 5.82 Å². The molecule has 5 heteroatoms. The van der Waals surface area contributed by atoms with E-state index in [1.807, 2.05) is 12.1 Å². The molecule has 0 radical (unpaired) electrons. The Bertz CT molecular complexity index is 538. The van der Waals surface area contributed by atoms with Crippen molar-refractivity contribution in [1.82, 2.24) is 0 Å². The van der Waals surface area contributed by atoms with Crippen LogP contribution in [0.2, 0.25) is 0 Å². The van der Waals surface area contributed by atoms with Gasteiger partial charge in [-0.25, -0.2) is 4.39 Å². The van der Waals surface area contributed by atoms with Gasteiger partial charge in [0.25, 0.3) is 0 Å². The molecule has 0 atom stereocenters. The maximum absolute atomic E-state index is 12.1. The molecular weight excluding hydrogens is 261 g/mol. The third-order valence-electron chi connectivity index (χ3n) is 2.48. The molecule has 0 unspecified atom stereocenters. The standard InChI is InChI=1S/C8H11NO.C7H5FO2/c9-6-5-7-1-3-8(10)4-2-7;8-6-3-1-5(2-4-6)7(9)10/h1-4,10H,5-6,9H2;1-4H,(H,9,10). The third-order valence-corrected chi connectivity index (χ3v) is 2.48. The van der Waals surface area contributed by atoms with Gasteiger partial charge in [-0.2, -0.15) is 0 Å². The maximum Gasteiger partial charge on any atom is 0.123 e. The number of aromatic hydroxyl groups is 1. The molecule has 0 fully saturated rings. The molecule has 4 nitrogen and oxygen atoms in total. The molecule has 0 aromatic heterocycles. The molecule has 2 rings (SSSR count). The van der Waals surface area contributed by atoms with Gasteiger partial charge in [0, 0.05) is 6.42 Å². The van der Waals surface area contributed by atoms with E-state index >= 15 is 0 Å². The van der Waals surface area contributed by atoms with Crippen LogP contribution < -0.4 is 10.8 Å². The SMILES string of the molecule is O=C([O-])c1ccc(F)cc1.[NH3+]CCc1ccc(O)cc1. The van der Waals surface area contributed by atoms with E-state index in [2.05, 4.69) is 5.73 Å². The zero-order valence-electron chi connectivity index (χ0n) is 10.9. The first-order valence-corrected chi connectivity index (χ1v) is 6.07. The topological polar surface area (TPSA) is 88.0 Å². The minimum atomic E-state index is -1.29. The van der Waals surface area contributed by atoms with E-state index in [9.17, 15) is 14.3 Å². The number of carboxylic acid groups (broad SMARTS) is 1. The van der Waals surface area contributed by atoms with Gasteiger partial charge in [-0.05, 0) is 35.4 Å². The summed E-state index contributed by atoms with van der Waals surface area (Å²) in [4.78, 5) is 10.1. The van der Waals surface area contributed by atoms with Crippen LogP contribution >= 0.6 is 0 Å². The molecule has 0 amide bonds. The van der Waals surface area contributed by atoms with Gasteiger partial charge in [0.15, 0.2) is 0 Å². The number of rotatable bonds is 3. The van der Waals surface area contributed by atoms with Gasteiger partial charge in [0.05, 0.1) is 12.5 Å². The Morgan fingerprint density at radius 1 is 1.10 bits per heavy atom. The van der Waals surface area contributed by atoms with E-state index in [0.29, 0.717) is 5.75 Å². The summed E-state index contributed by atoms with van der Waals surface area (Å²) in [6.07, 6.45) is 0.986. The number of carbonyl (C=O) groups is 1. The number of hydrogen-bond acceptors (Lipinski definition) is 3. The van der Waals surface area contributed by atoms with Crippen LogP contribution in [-0.2, 0) is 6.42 Å². The number of carboxylic acids is 1. The van der Waals surface area contributed by atoms with Crippen molar-refractivity contribution in [3.8, 4) is 5.75 Å². The van der Waals surface area contributed by atoms with Crippen LogP contribution in [-0.4, -0.2) is 17.6 Å². The Morgan fingerprint density at radius 2 is 1.65 bits per heavy atom. The van der Waals surface area contributed by atoms with Crippen molar-refractivity contribution in [2.75, 3.05) is 6.54 Å². The van der Waals surface area contributed by atoms with Crippen molar-refractivity contribution < 1.29 is 25.1 Å². The van der Waals surface area contributed by atoms with Crippen molar-refractivity contribution in [2.45, 2.75) is 6.42 Å². The molecule has 0 aliphatic rings. The zero-order valence-corrected chi connectivity index (χ0v) is 10.9. The molecule has 0 saturated carbocycles. The Morgan fingerprint density at radius 3 is 2.10 bits per heavy atom. The summed E-state index contributed by atoms with van der Waals surface area (Å²) in [6.45, 7) is 0.908. The molecule has 0 saturated heterocycles. The van der Waals surface area contributed by atoms with Gasteiger partial charge in [-0.15, -0.1) is 0 Å². The second kappa shape index (κ2) is 7.91. The maximum atomic E-state index is 12.1. The number of carbonyl (C=O) groups excluding carboxylic acids is 1. The second-order valence-corrected chi connectivity index (χ2v) is 4.06. The highest BCUT2D eigenvalue weighted by atomic mass is 19.1. The highest BCUT2D eigenvalue weighted by Crippen LogP contribution is 2.09. The zero-order chi connectivity index (χ0) is 15.0. The highest BCUT2D eigenvalue weighted by Gasteiger charge is 1.92. The van der Waals surface area contributed by atoms with Gasteiger partial charge in [0.1, 0.15) is 11.6 Å². The summed E-state index contributed by atoms with van der Waals surface area (Å²) in [5.41, 5.74) is 4.96. The molecule has 0 aliphatic carbocycles. The van der Waals surface area contributed by atoms with Crippen molar-refractivity contribution in [1.29, 1.82) is 0 Å². The predicted molar refractivity (Wildman–Crippen MR) is 70.3 cm³/mol. The number of quaternary nitrogens is 1. The van der Waals surface area contributed by atoms with Gasteiger partial charge in [-0.1, -0.05) is 24.3 Å². The van der Waals surface area contributed by atoms with E-state index in [0.717, 1.165) is 37.2 Å². The first kappa shape index (κ1) is 15.7. The number of benzene rings is 2. The van der Waals surface area contributed by atoms with Crippen molar-refractivity contribution >= 4 is 5.97 Å². The Kier molecular flexibility index (Phi) is 6.19. The fourth-order valence-electron chi connectivity index (χ4n) is 1.45. The van der Waals surface area contributed by atoms with Crippen LogP contribution in [0.25, 0.3) is 0 Å². The quantitative estimate of drug-likeness (QED) is 0.849. The Labute approximate surface area is 116 Å². The number of phenolic OH excluding ortho intramolecular Hbond substituents is 1. The van der Waals surface area contributed by atoms with Gasteiger partial charge >= 0.3 is 0 Å². The summed E-state index contributed by atoms with van der Waals surface area (Å²) < 4.78 is 12.1. The minimum absolute atomic E-state index is 0.0126. The molecule has 2 aromatic carbocycles. The van der Waals surface area contributed by atoms with Crippen molar-refractivity contribution in [3.63, 3.8) is 0 Å². The molecule has 2 aromatic rings. The lowest BCUT2D eigenvalue weighted by Crippen LogP contribution is -2.51. The molecule has 20 heavy (non-hydrogen) atoms. The van der Waals surface area contributed by atoms with Crippen LogP contribution in [0.4, 0.5) is 4.39 Å². The summed E-state index contributed by atoms with van der Waals surface area (Å²) in [6, 6.07) is 11.7. The van der Waals surface area contributed by atoms with Crippen LogP contribution in [0.1, 0.15) is 15.9 Å². The second-order valence-electron chi connectivity index (χ2n) is 4.06. The van der Waals surface area contributed by atoms with E-state index < -0.39 is 11.8 Å². The molecule has 0 heterocycles.